The molecule has 0 N–H and O–H groups in total. The van der Waals surface area contributed by atoms with Crippen molar-refractivity contribution in [3.63, 3.8) is 0 Å². The highest BCUT2D eigenvalue weighted by Gasteiger charge is 2.12. The Kier molecular flexibility index (Phi) is 9.60. The van der Waals surface area contributed by atoms with Gasteiger partial charge in [-0.15, -0.1) is 0 Å². The highest BCUT2D eigenvalue weighted by molar-refractivity contribution is 5.92. The van der Waals surface area contributed by atoms with Gasteiger partial charge in [0.2, 0.25) is 5.91 Å². The Morgan fingerprint density at radius 3 is 2.36 bits per heavy atom. The Morgan fingerprint density at radius 1 is 1.12 bits per heavy atom. The third-order valence-corrected chi connectivity index (χ3v) is 4.18. The molecule has 0 saturated carbocycles. The zero-order chi connectivity index (χ0) is 18.7. The van der Waals surface area contributed by atoms with E-state index >= 15 is 0 Å². The maximum atomic E-state index is 12.5. The molecule has 0 radical (unpaired) electrons. The van der Waals surface area contributed by atoms with E-state index in [9.17, 15) is 9.59 Å². The zero-order valence-electron chi connectivity index (χ0n) is 16.0. The largest absolute Gasteiger partial charge is 0.469 e. The molecule has 4 heteroatoms. The summed E-state index contributed by atoms with van der Waals surface area (Å²) in [7, 11) is 1.37. The van der Waals surface area contributed by atoms with Crippen molar-refractivity contribution in [2.45, 2.75) is 52.4 Å². The number of hydrogen-bond acceptors (Lipinski definition) is 3. The van der Waals surface area contributed by atoms with Gasteiger partial charge in [-0.2, -0.15) is 0 Å². The number of hydrogen-bond donors (Lipinski definition) is 0. The molecule has 0 saturated heterocycles. The van der Waals surface area contributed by atoms with Crippen LogP contribution in [0, 0.1) is 0 Å². The van der Waals surface area contributed by atoms with Crippen LogP contribution >= 0.6 is 0 Å². The van der Waals surface area contributed by atoms with E-state index in [2.05, 4.69) is 37.6 Å². The lowest BCUT2D eigenvalue weighted by Crippen LogP contribution is -2.32. The Labute approximate surface area is 151 Å². The first-order valence-corrected chi connectivity index (χ1v) is 9.11. The number of ether oxygens (including phenoxy) is 1. The summed E-state index contributed by atoms with van der Waals surface area (Å²) in [6, 6.07) is 8.22. The number of unbranched alkanes of at least 4 members (excludes halogenated alkanes) is 2. The second-order valence-corrected chi connectivity index (χ2v) is 6.51. The maximum Gasteiger partial charge on any atom is 0.307 e. The quantitative estimate of drug-likeness (QED) is 0.358. The highest BCUT2D eigenvalue weighted by atomic mass is 16.5. The summed E-state index contributed by atoms with van der Waals surface area (Å²) in [6.07, 6.45) is 6.76. The smallest absolute Gasteiger partial charge is 0.307 e. The molecule has 0 fully saturated rings. The minimum atomic E-state index is -0.290. The third kappa shape index (κ3) is 8.01. The number of methoxy groups -OCH3 is 1. The van der Waals surface area contributed by atoms with E-state index in [-0.39, 0.29) is 18.3 Å². The number of rotatable bonds is 10. The van der Waals surface area contributed by atoms with Crippen LogP contribution in [0.1, 0.15) is 63.5 Å². The van der Waals surface area contributed by atoms with Crippen LogP contribution in [0.2, 0.25) is 0 Å². The normalized spacial score (nSPS) is 11.1. The van der Waals surface area contributed by atoms with Crippen LogP contribution in [0.25, 0.3) is 6.08 Å². The van der Waals surface area contributed by atoms with Gasteiger partial charge >= 0.3 is 5.97 Å². The topological polar surface area (TPSA) is 46.6 Å². The van der Waals surface area contributed by atoms with Crippen molar-refractivity contribution in [2.75, 3.05) is 20.2 Å². The fourth-order valence-corrected chi connectivity index (χ4v) is 2.48. The molecule has 1 aromatic carbocycles. The van der Waals surface area contributed by atoms with Gasteiger partial charge in [0.05, 0.1) is 13.5 Å². The molecule has 0 unspecified atom stereocenters. The van der Waals surface area contributed by atoms with Gasteiger partial charge in [0, 0.05) is 19.2 Å². The van der Waals surface area contributed by atoms with Crippen molar-refractivity contribution in [1.82, 2.24) is 4.90 Å². The Morgan fingerprint density at radius 2 is 1.80 bits per heavy atom. The molecular weight excluding hydrogens is 314 g/mol. The minimum Gasteiger partial charge on any atom is -0.469 e. The molecule has 0 aliphatic carbocycles. The molecule has 0 aliphatic rings. The summed E-state index contributed by atoms with van der Waals surface area (Å²) in [5, 5.41) is 0. The summed E-state index contributed by atoms with van der Waals surface area (Å²) in [4.78, 5) is 25.6. The van der Waals surface area contributed by atoms with Crippen molar-refractivity contribution in [1.29, 1.82) is 0 Å². The van der Waals surface area contributed by atoms with Crippen molar-refractivity contribution < 1.29 is 14.3 Å². The lowest BCUT2D eigenvalue weighted by atomic mass is 10.0. The summed E-state index contributed by atoms with van der Waals surface area (Å²) in [5.41, 5.74) is 2.28. The molecule has 0 bridgehead atoms. The van der Waals surface area contributed by atoms with Crippen molar-refractivity contribution in [3.05, 3.63) is 41.5 Å². The maximum absolute atomic E-state index is 12.5. The lowest BCUT2D eigenvalue weighted by molar-refractivity contribution is -0.141. The molecule has 1 amide bonds. The molecule has 0 spiro atoms. The summed E-state index contributed by atoms with van der Waals surface area (Å²) in [6.45, 7) is 7.50. The molecular formula is C21H31NO3. The van der Waals surface area contributed by atoms with Crippen LogP contribution in [-0.4, -0.2) is 37.0 Å². The second kappa shape index (κ2) is 11.5. The third-order valence-electron chi connectivity index (χ3n) is 4.18. The van der Waals surface area contributed by atoms with Gasteiger partial charge in [0.1, 0.15) is 0 Å². The van der Waals surface area contributed by atoms with Crippen molar-refractivity contribution in [2.24, 2.45) is 0 Å². The van der Waals surface area contributed by atoms with E-state index in [0.717, 1.165) is 24.8 Å². The average molecular weight is 345 g/mol. The van der Waals surface area contributed by atoms with Crippen LogP contribution in [0.4, 0.5) is 0 Å². The number of esters is 1. The molecule has 1 rings (SSSR count). The summed E-state index contributed by atoms with van der Waals surface area (Å²) >= 11 is 0. The Hall–Kier alpha value is -2.10. The van der Waals surface area contributed by atoms with Gasteiger partial charge in [0.15, 0.2) is 0 Å². The fraction of sp³-hybridized carbons (Fsp3) is 0.524. The molecule has 0 aromatic heterocycles. The van der Waals surface area contributed by atoms with Gasteiger partial charge in [-0.1, -0.05) is 57.9 Å². The fourth-order valence-electron chi connectivity index (χ4n) is 2.48. The molecule has 1 aromatic rings. The molecule has 4 nitrogen and oxygen atoms in total. The molecule has 0 atom stereocenters. The SMILES string of the molecule is CCCCCN(CCC(=O)OC)C(=O)/C=C/c1ccc(C(C)C)cc1. The second-order valence-electron chi connectivity index (χ2n) is 6.51. The van der Waals surface area contributed by atoms with Crippen LogP contribution < -0.4 is 0 Å². The van der Waals surface area contributed by atoms with Gasteiger partial charge in [-0.3, -0.25) is 9.59 Å². The van der Waals surface area contributed by atoms with E-state index in [1.165, 1.54) is 12.7 Å². The predicted molar refractivity (Wildman–Crippen MR) is 102 cm³/mol. The van der Waals surface area contributed by atoms with Crippen molar-refractivity contribution in [3.8, 4) is 0 Å². The highest BCUT2D eigenvalue weighted by Crippen LogP contribution is 2.15. The van der Waals surface area contributed by atoms with Gasteiger partial charge in [0.25, 0.3) is 0 Å². The number of amides is 1. The lowest BCUT2D eigenvalue weighted by Gasteiger charge is -2.20. The minimum absolute atomic E-state index is 0.0621. The summed E-state index contributed by atoms with van der Waals surface area (Å²) in [5.74, 6) is 0.140. The molecule has 0 heterocycles. The first-order valence-electron chi connectivity index (χ1n) is 9.11. The monoisotopic (exact) mass is 345 g/mol. The van der Waals surface area contributed by atoms with Crippen LogP contribution in [0.3, 0.4) is 0 Å². The van der Waals surface area contributed by atoms with E-state index in [1.54, 1.807) is 11.0 Å². The van der Waals surface area contributed by atoms with Crippen LogP contribution in [0.15, 0.2) is 30.3 Å². The van der Waals surface area contributed by atoms with E-state index in [4.69, 9.17) is 0 Å². The van der Waals surface area contributed by atoms with Crippen LogP contribution in [0.5, 0.6) is 0 Å². The van der Waals surface area contributed by atoms with Gasteiger partial charge < -0.3 is 9.64 Å². The predicted octanol–water partition coefficient (Wildman–Crippen LogP) is 4.41. The van der Waals surface area contributed by atoms with Crippen molar-refractivity contribution >= 4 is 18.0 Å². The number of nitrogens with zero attached hydrogens (tertiary/aromatic N) is 1. The standard InChI is InChI=1S/C21H31NO3/c1-5-6-7-15-22(16-14-21(24)25-4)20(23)13-10-18-8-11-19(12-9-18)17(2)3/h8-13,17H,5-7,14-16H2,1-4H3/b13-10+. The van der Waals surface area contributed by atoms with E-state index in [1.807, 2.05) is 18.2 Å². The van der Waals surface area contributed by atoms with Gasteiger partial charge in [-0.05, 0) is 29.5 Å². The first kappa shape index (κ1) is 20.9. The van der Waals surface area contributed by atoms with Gasteiger partial charge in [-0.25, -0.2) is 0 Å². The van der Waals surface area contributed by atoms with E-state index < -0.39 is 0 Å². The molecule has 138 valence electrons. The number of carbonyl (C=O) groups is 2. The first-order chi connectivity index (χ1) is 12.0. The summed E-state index contributed by atoms with van der Waals surface area (Å²) < 4.78 is 4.67. The molecule has 0 aliphatic heterocycles. The molecule has 25 heavy (non-hydrogen) atoms. The van der Waals surface area contributed by atoms with Crippen LogP contribution in [-0.2, 0) is 14.3 Å². The van der Waals surface area contributed by atoms with E-state index in [0.29, 0.717) is 19.0 Å². The Balaban J connectivity index is 2.68. The average Bonchev–Trinajstić information content (AvgIpc) is 2.62. The zero-order valence-corrected chi connectivity index (χ0v) is 16.0. The Bertz CT molecular complexity index is 561. The number of carbonyl (C=O) groups excluding carboxylic acids is 2. The number of benzene rings is 1.